The summed E-state index contributed by atoms with van der Waals surface area (Å²) in [6.45, 7) is 4.95. The van der Waals surface area contributed by atoms with Crippen molar-refractivity contribution in [3.8, 4) is 0 Å². The van der Waals surface area contributed by atoms with E-state index in [1.807, 2.05) is 25.1 Å². The second kappa shape index (κ2) is 11.1. The number of sulfonamides is 1. The average Bonchev–Trinajstić information content (AvgIpc) is 2.86. The van der Waals surface area contributed by atoms with Crippen LogP contribution in [0.5, 0.6) is 0 Å². The van der Waals surface area contributed by atoms with Crippen molar-refractivity contribution in [2.75, 3.05) is 32.7 Å². The molecule has 184 valence electrons. The fourth-order valence-electron chi connectivity index (χ4n) is 4.13. The van der Waals surface area contributed by atoms with E-state index >= 15 is 0 Å². The van der Waals surface area contributed by atoms with Gasteiger partial charge in [-0.25, -0.2) is 12.8 Å². The van der Waals surface area contributed by atoms with Gasteiger partial charge < -0.3 is 4.90 Å². The van der Waals surface area contributed by atoms with Crippen molar-refractivity contribution in [2.45, 2.75) is 24.9 Å². The summed E-state index contributed by atoms with van der Waals surface area (Å²) in [4.78, 5) is 17.3. The highest BCUT2D eigenvalue weighted by Gasteiger charge is 2.30. The Hall–Kier alpha value is -3.07. The van der Waals surface area contributed by atoms with Crippen LogP contribution >= 0.6 is 0 Å². The van der Waals surface area contributed by atoms with Crippen molar-refractivity contribution >= 4 is 15.9 Å². The molecule has 0 radical (unpaired) electrons. The number of carbonyl (C=O) groups is 1. The number of benzene rings is 3. The quantitative estimate of drug-likeness (QED) is 0.479. The number of aryl methyl sites for hydroxylation is 1. The number of hydrogen-bond acceptors (Lipinski definition) is 4. The van der Waals surface area contributed by atoms with E-state index in [0.717, 1.165) is 25.2 Å². The smallest absolute Gasteiger partial charge is 0.243 e. The highest BCUT2D eigenvalue weighted by Crippen LogP contribution is 2.20. The maximum Gasteiger partial charge on any atom is 0.243 e. The Morgan fingerprint density at radius 3 is 2.11 bits per heavy atom. The number of halogens is 1. The van der Waals surface area contributed by atoms with Crippen LogP contribution < -0.4 is 0 Å². The molecule has 4 rings (SSSR count). The van der Waals surface area contributed by atoms with Crippen LogP contribution in [0.3, 0.4) is 0 Å². The van der Waals surface area contributed by atoms with Crippen molar-refractivity contribution in [1.82, 2.24) is 14.1 Å². The van der Waals surface area contributed by atoms with E-state index in [4.69, 9.17) is 0 Å². The molecule has 35 heavy (non-hydrogen) atoms. The molecule has 0 spiro atoms. The topological polar surface area (TPSA) is 60.9 Å². The molecule has 0 unspecified atom stereocenters. The van der Waals surface area contributed by atoms with Gasteiger partial charge in [0, 0.05) is 39.3 Å². The van der Waals surface area contributed by atoms with Gasteiger partial charge in [-0.15, -0.1) is 0 Å². The third-order valence-corrected chi connectivity index (χ3v) is 8.02. The summed E-state index contributed by atoms with van der Waals surface area (Å²) in [5.74, 6) is -0.631. The normalized spacial score (nSPS) is 14.9. The van der Waals surface area contributed by atoms with E-state index in [9.17, 15) is 17.6 Å². The minimum absolute atomic E-state index is 0.0177. The summed E-state index contributed by atoms with van der Waals surface area (Å²) in [7, 11) is -3.93. The molecule has 1 aliphatic rings. The summed E-state index contributed by atoms with van der Waals surface area (Å²) in [5.41, 5.74) is 2.78. The second-order valence-corrected chi connectivity index (χ2v) is 10.8. The van der Waals surface area contributed by atoms with Crippen molar-refractivity contribution in [3.05, 3.63) is 101 Å². The molecule has 3 aromatic carbocycles. The Morgan fingerprint density at radius 1 is 0.857 bits per heavy atom. The molecule has 8 heteroatoms. The molecule has 1 amide bonds. The Labute approximate surface area is 206 Å². The van der Waals surface area contributed by atoms with Crippen LogP contribution in [-0.2, 0) is 27.9 Å². The Morgan fingerprint density at radius 2 is 1.49 bits per heavy atom. The van der Waals surface area contributed by atoms with Crippen molar-refractivity contribution in [3.63, 3.8) is 0 Å². The van der Waals surface area contributed by atoms with Crippen LogP contribution in [0.4, 0.5) is 4.39 Å². The number of piperazine rings is 1. The molecule has 0 aromatic heterocycles. The van der Waals surface area contributed by atoms with Crippen molar-refractivity contribution in [2.24, 2.45) is 0 Å². The van der Waals surface area contributed by atoms with Gasteiger partial charge in [0.1, 0.15) is 5.82 Å². The Balaban J connectivity index is 1.46. The maximum absolute atomic E-state index is 13.5. The monoisotopic (exact) mass is 495 g/mol. The number of nitrogens with zero attached hydrogens (tertiary/aromatic N) is 3. The fraction of sp³-hybridized carbons (Fsp3) is 0.296. The van der Waals surface area contributed by atoms with Crippen LogP contribution in [0.25, 0.3) is 0 Å². The van der Waals surface area contributed by atoms with Gasteiger partial charge in [-0.1, -0.05) is 60.2 Å². The molecular formula is C27H30FN3O3S. The average molecular weight is 496 g/mol. The van der Waals surface area contributed by atoms with Gasteiger partial charge in [-0.2, -0.15) is 4.31 Å². The van der Waals surface area contributed by atoms with Gasteiger partial charge in [0.25, 0.3) is 0 Å². The number of hydrogen-bond donors (Lipinski definition) is 0. The number of carbonyl (C=O) groups excluding carboxylic acids is 1. The van der Waals surface area contributed by atoms with Crippen molar-refractivity contribution < 1.29 is 17.6 Å². The van der Waals surface area contributed by atoms with Crippen LogP contribution in [0.1, 0.15) is 16.7 Å². The molecule has 6 nitrogen and oxygen atoms in total. The molecule has 0 aliphatic carbocycles. The van der Waals surface area contributed by atoms with Crippen LogP contribution in [-0.4, -0.2) is 61.2 Å². The van der Waals surface area contributed by atoms with E-state index in [2.05, 4.69) is 17.0 Å². The molecular weight excluding hydrogens is 465 g/mol. The van der Waals surface area contributed by atoms with Gasteiger partial charge in [0.15, 0.2) is 0 Å². The summed E-state index contributed by atoms with van der Waals surface area (Å²) < 4.78 is 41.5. The molecule has 0 N–H and O–H groups in total. The number of amides is 1. The molecule has 1 fully saturated rings. The third-order valence-electron chi connectivity index (χ3n) is 6.22. The zero-order valence-corrected chi connectivity index (χ0v) is 20.6. The van der Waals surface area contributed by atoms with Crippen molar-refractivity contribution in [1.29, 1.82) is 0 Å². The predicted molar refractivity (Wildman–Crippen MR) is 133 cm³/mol. The summed E-state index contributed by atoms with van der Waals surface area (Å²) in [5, 5.41) is 0. The highest BCUT2D eigenvalue weighted by molar-refractivity contribution is 7.89. The molecule has 3 aromatic rings. The third kappa shape index (κ3) is 6.54. The first-order valence-electron chi connectivity index (χ1n) is 11.7. The van der Waals surface area contributed by atoms with Crippen LogP contribution in [0.15, 0.2) is 83.8 Å². The van der Waals surface area contributed by atoms with E-state index in [1.165, 1.54) is 22.0 Å². The lowest BCUT2D eigenvalue weighted by Gasteiger charge is -2.35. The molecule has 0 saturated carbocycles. The Bertz CT molecular complexity index is 1220. The van der Waals surface area contributed by atoms with Gasteiger partial charge in [-0.3, -0.25) is 9.69 Å². The van der Waals surface area contributed by atoms with E-state index in [-0.39, 0.29) is 23.9 Å². The number of rotatable bonds is 8. The van der Waals surface area contributed by atoms with Crippen LogP contribution in [0, 0.1) is 12.7 Å². The summed E-state index contributed by atoms with van der Waals surface area (Å²) >= 11 is 0. The van der Waals surface area contributed by atoms with Gasteiger partial charge in [0.05, 0.1) is 11.4 Å². The second-order valence-electron chi connectivity index (χ2n) is 8.86. The van der Waals surface area contributed by atoms with Crippen LogP contribution in [0.2, 0.25) is 0 Å². The summed E-state index contributed by atoms with van der Waals surface area (Å²) in [6.07, 6.45) is 0. The van der Waals surface area contributed by atoms with Gasteiger partial charge in [0.2, 0.25) is 15.9 Å². The molecule has 0 atom stereocenters. The SMILES string of the molecule is Cc1ccc(S(=O)(=O)N(CC(=O)N2CCN(Cc3ccccc3)CC2)Cc2ccc(F)cc2)cc1. The standard InChI is InChI=1S/C27H30FN3O3S/c1-22-7-13-26(14-8-22)35(33,34)31(20-24-9-11-25(28)12-10-24)21-27(32)30-17-15-29(16-18-30)19-23-5-3-2-4-6-23/h2-14H,15-21H2,1H3. The predicted octanol–water partition coefficient (Wildman–Crippen LogP) is 3.67. The lowest BCUT2D eigenvalue weighted by atomic mass is 10.2. The lowest BCUT2D eigenvalue weighted by Crippen LogP contribution is -2.51. The minimum atomic E-state index is -3.93. The lowest BCUT2D eigenvalue weighted by molar-refractivity contribution is -0.133. The van der Waals surface area contributed by atoms with E-state index in [1.54, 1.807) is 41.3 Å². The first kappa shape index (κ1) is 25.0. The summed E-state index contributed by atoms with van der Waals surface area (Å²) in [6, 6.07) is 22.4. The zero-order chi connectivity index (χ0) is 24.8. The molecule has 1 heterocycles. The fourth-order valence-corrected chi connectivity index (χ4v) is 5.50. The van der Waals surface area contributed by atoms with Gasteiger partial charge >= 0.3 is 0 Å². The largest absolute Gasteiger partial charge is 0.339 e. The first-order chi connectivity index (χ1) is 16.8. The highest BCUT2D eigenvalue weighted by atomic mass is 32.2. The zero-order valence-electron chi connectivity index (χ0n) is 19.8. The van der Waals surface area contributed by atoms with E-state index in [0.29, 0.717) is 18.7 Å². The minimum Gasteiger partial charge on any atom is -0.339 e. The van der Waals surface area contributed by atoms with Gasteiger partial charge in [-0.05, 0) is 42.3 Å². The molecule has 1 saturated heterocycles. The molecule has 0 bridgehead atoms. The first-order valence-corrected chi connectivity index (χ1v) is 13.1. The van der Waals surface area contributed by atoms with E-state index < -0.39 is 15.8 Å². The Kier molecular flexibility index (Phi) is 7.95. The molecule has 1 aliphatic heterocycles. The maximum atomic E-state index is 13.5.